The molecule has 1 aliphatic rings. The number of H-pyrrole nitrogens is 1. The van der Waals surface area contributed by atoms with E-state index in [0.717, 1.165) is 13.1 Å². The number of carbonyl (C=O) groups excluding carboxylic acids is 1. The van der Waals surface area contributed by atoms with Crippen molar-refractivity contribution in [2.75, 3.05) is 13.1 Å². The van der Waals surface area contributed by atoms with E-state index in [0.29, 0.717) is 17.5 Å². The van der Waals surface area contributed by atoms with Gasteiger partial charge in [0.15, 0.2) is 0 Å². The van der Waals surface area contributed by atoms with Crippen LogP contribution in [0.2, 0.25) is 0 Å². The van der Waals surface area contributed by atoms with Gasteiger partial charge in [0.05, 0.1) is 0 Å². The number of nitrogens with one attached hydrogen (secondary N) is 1. The number of aromatic amines is 1. The minimum absolute atomic E-state index is 0.0751. The number of likely N-dealkylation sites (tertiary alicyclic amines) is 1. The Morgan fingerprint density at radius 3 is 2.50 bits per heavy atom. The predicted octanol–water partition coefficient (Wildman–Crippen LogP) is 1.10. The molecule has 0 saturated carbocycles. The molecule has 0 bridgehead atoms. The van der Waals surface area contributed by atoms with Crippen LogP contribution in [0.4, 0.5) is 0 Å². The van der Waals surface area contributed by atoms with Gasteiger partial charge in [-0.2, -0.15) is 0 Å². The molecule has 0 aliphatic carbocycles. The summed E-state index contributed by atoms with van der Waals surface area (Å²) in [5.41, 5.74) is 0.153. The lowest BCUT2D eigenvalue weighted by Gasteiger charge is -2.15. The van der Waals surface area contributed by atoms with Crippen molar-refractivity contribution in [2.45, 2.75) is 13.8 Å². The van der Waals surface area contributed by atoms with E-state index in [1.807, 2.05) is 0 Å². The Hall–Kier alpha value is -1.58. The Morgan fingerprint density at radius 1 is 1.31 bits per heavy atom. The van der Waals surface area contributed by atoms with Crippen LogP contribution < -0.4 is 5.56 Å². The average Bonchev–Trinajstić information content (AvgIpc) is 2.58. The highest BCUT2D eigenvalue weighted by atomic mass is 16.2. The molecule has 2 rings (SSSR count). The lowest BCUT2D eigenvalue weighted by molar-refractivity contribution is 0.0779. The van der Waals surface area contributed by atoms with E-state index in [-0.39, 0.29) is 11.5 Å². The first kappa shape index (κ1) is 10.9. The highest BCUT2D eigenvalue weighted by molar-refractivity contribution is 5.92. The molecule has 1 aromatic rings. The molecule has 1 saturated heterocycles. The normalized spacial score (nSPS) is 24.8. The third-order valence-electron chi connectivity index (χ3n) is 3.27. The van der Waals surface area contributed by atoms with E-state index in [9.17, 15) is 9.59 Å². The molecule has 1 amide bonds. The van der Waals surface area contributed by atoms with Crippen LogP contribution >= 0.6 is 0 Å². The van der Waals surface area contributed by atoms with Gasteiger partial charge in [-0.15, -0.1) is 0 Å². The Bertz CT molecular complexity index is 442. The monoisotopic (exact) mass is 220 g/mol. The standard InChI is InChI=1S/C12H16N2O2/c1-8-6-14(7-9(8)2)12(16)10-4-3-5-11(15)13-10/h3-5,8-9H,6-7H2,1-2H3,(H,13,15). The maximum atomic E-state index is 12.0. The minimum atomic E-state index is -0.230. The fraction of sp³-hybridized carbons (Fsp3) is 0.500. The molecule has 1 N–H and O–H groups in total. The lowest BCUT2D eigenvalue weighted by atomic mass is 10.0. The van der Waals surface area contributed by atoms with Gasteiger partial charge < -0.3 is 9.88 Å². The van der Waals surface area contributed by atoms with Crippen molar-refractivity contribution in [1.82, 2.24) is 9.88 Å². The molecule has 86 valence electrons. The Balaban J connectivity index is 2.18. The van der Waals surface area contributed by atoms with Gasteiger partial charge in [0.25, 0.3) is 5.91 Å². The van der Waals surface area contributed by atoms with Gasteiger partial charge in [-0.1, -0.05) is 19.9 Å². The minimum Gasteiger partial charge on any atom is -0.337 e. The fourth-order valence-corrected chi connectivity index (χ4v) is 2.04. The summed E-state index contributed by atoms with van der Waals surface area (Å²) < 4.78 is 0. The summed E-state index contributed by atoms with van der Waals surface area (Å²) >= 11 is 0. The van der Waals surface area contributed by atoms with Crippen LogP contribution in [0.3, 0.4) is 0 Å². The van der Waals surface area contributed by atoms with Crippen molar-refractivity contribution in [1.29, 1.82) is 0 Å². The molecular formula is C12H16N2O2. The third kappa shape index (κ3) is 2.01. The van der Waals surface area contributed by atoms with Crippen LogP contribution in [0.1, 0.15) is 24.3 Å². The number of amides is 1. The lowest BCUT2D eigenvalue weighted by Crippen LogP contribution is -2.30. The zero-order valence-corrected chi connectivity index (χ0v) is 9.56. The van der Waals surface area contributed by atoms with Crippen molar-refractivity contribution in [3.63, 3.8) is 0 Å². The second-order valence-electron chi connectivity index (χ2n) is 4.59. The number of rotatable bonds is 1. The molecule has 4 nitrogen and oxygen atoms in total. The van der Waals surface area contributed by atoms with E-state index in [1.54, 1.807) is 17.0 Å². The van der Waals surface area contributed by atoms with Gasteiger partial charge in [0.1, 0.15) is 5.69 Å². The maximum absolute atomic E-state index is 12.0. The van der Waals surface area contributed by atoms with E-state index in [2.05, 4.69) is 18.8 Å². The number of hydrogen-bond acceptors (Lipinski definition) is 2. The molecule has 0 radical (unpaired) electrons. The van der Waals surface area contributed by atoms with Crippen molar-refractivity contribution >= 4 is 5.91 Å². The SMILES string of the molecule is CC1CN(C(=O)c2cccc(=O)[nH]2)CC1C. The predicted molar refractivity (Wildman–Crippen MR) is 61.3 cm³/mol. The van der Waals surface area contributed by atoms with Crippen molar-refractivity contribution in [2.24, 2.45) is 11.8 Å². The molecule has 2 heterocycles. The van der Waals surface area contributed by atoms with E-state index < -0.39 is 0 Å². The van der Waals surface area contributed by atoms with Crippen LogP contribution in [-0.2, 0) is 0 Å². The van der Waals surface area contributed by atoms with Gasteiger partial charge in [-0.25, -0.2) is 0 Å². The van der Waals surface area contributed by atoms with Crippen LogP contribution in [0, 0.1) is 11.8 Å². The molecule has 1 aromatic heterocycles. The molecule has 2 unspecified atom stereocenters. The molecule has 4 heteroatoms. The van der Waals surface area contributed by atoms with E-state index >= 15 is 0 Å². The Kier molecular flexibility index (Phi) is 2.81. The van der Waals surface area contributed by atoms with Crippen molar-refractivity contribution < 1.29 is 4.79 Å². The number of aromatic nitrogens is 1. The number of hydrogen-bond donors (Lipinski definition) is 1. The van der Waals surface area contributed by atoms with Gasteiger partial charge in [-0.05, 0) is 17.9 Å². The number of pyridine rings is 1. The summed E-state index contributed by atoms with van der Waals surface area (Å²) in [5, 5.41) is 0. The fourth-order valence-electron chi connectivity index (χ4n) is 2.04. The zero-order valence-electron chi connectivity index (χ0n) is 9.56. The van der Waals surface area contributed by atoms with Crippen LogP contribution in [0.25, 0.3) is 0 Å². The summed E-state index contributed by atoms with van der Waals surface area (Å²) in [4.78, 5) is 27.5. The van der Waals surface area contributed by atoms with E-state index in [1.165, 1.54) is 6.07 Å². The molecule has 0 aromatic carbocycles. The van der Waals surface area contributed by atoms with Gasteiger partial charge >= 0.3 is 0 Å². The topological polar surface area (TPSA) is 53.2 Å². The zero-order chi connectivity index (χ0) is 11.7. The first-order valence-corrected chi connectivity index (χ1v) is 5.56. The smallest absolute Gasteiger partial charge is 0.270 e. The van der Waals surface area contributed by atoms with Crippen LogP contribution in [0.5, 0.6) is 0 Å². The highest BCUT2D eigenvalue weighted by Crippen LogP contribution is 2.22. The van der Waals surface area contributed by atoms with Crippen molar-refractivity contribution in [3.05, 3.63) is 34.2 Å². The molecule has 1 fully saturated rings. The molecule has 16 heavy (non-hydrogen) atoms. The average molecular weight is 220 g/mol. The largest absolute Gasteiger partial charge is 0.337 e. The third-order valence-corrected chi connectivity index (χ3v) is 3.27. The van der Waals surface area contributed by atoms with Crippen molar-refractivity contribution in [3.8, 4) is 0 Å². The summed E-state index contributed by atoms with van der Waals surface area (Å²) in [6, 6.07) is 4.67. The van der Waals surface area contributed by atoms with Gasteiger partial charge in [-0.3, -0.25) is 9.59 Å². The summed E-state index contributed by atoms with van der Waals surface area (Å²) in [5.74, 6) is 0.979. The van der Waals surface area contributed by atoms with Crippen LogP contribution in [0.15, 0.2) is 23.0 Å². The highest BCUT2D eigenvalue weighted by Gasteiger charge is 2.30. The number of nitrogens with zero attached hydrogens (tertiary/aromatic N) is 1. The van der Waals surface area contributed by atoms with Gasteiger partial charge in [0.2, 0.25) is 5.56 Å². The quantitative estimate of drug-likeness (QED) is 0.770. The molecular weight excluding hydrogens is 204 g/mol. The number of carbonyl (C=O) groups is 1. The first-order valence-electron chi connectivity index (χ1n) is 5.56. The Morgan fingerprint density at radius 2 is 1.94 bits per heavy atom. The first-order chi connectivity index (χ1) is 7.58. The Labute approximate surface area is 94.3 Å². The summed E-state index contributed by atoms with van der Waals surface area (Å²) in [6.07, 6.45) is 0. The molecule has 0 spiro atoms. The van der Waals surface area contributed by atoms with Crippen LogP contribution in [-0.4, -0.2) is 28.9 Å². The van der Waals surface area contributed by atoms with Gasteiger partial charge in [0, 0.05) is 19.2 Å². The van der Waals surface area contributed by atoms with E-state index in [4.69, 9.17) is 0 Å². The summed E-state index contributed by atoms with van der Waals surface area (Å²) in [7, 11) is 0. The molecule has 1 aliphatic heterocycles. The molecule has 2 atom stereocenters. The second kappa shape index (κ2) is 4.12. The second-order valence-corrected chi connectivity index (χ2v) is 4.59. The summed E-state index contributed by atoms with van der Waals surface area (Å²) in [6.45, 7) is 5.84. The maximum Gasteiger partial charge on any atom is 0.270 e.